The van der Waals surface area contributed by atoms with Crippen LogP contribution >= 0.6 is 0 Å². The third kappa shape index (κ3) is 14.5. The van der Waals surface area contributed by atoms with E-state index in [1.54, 1.807) is 0 Å². The van der Waals surface area contributed by atoms with Crippen molar-refractivity contribution in [3.63, 3.8) is 0 Å². The molecule has 31 heavy (non-hydrogen) atoms. The summed E-state index contributed by atoms with van der Waals surface area (Å²) in [6.45, 7) is 14.9. The number of unbranched alkanes of at least 4 members (excludes halogenated alkanes) is 2. The standard InChI is InChI=1S/C25H48O6/c1-8-12-14-22(10-3)24(26)30-17-20(6)28-16-19(5)29-18-21(7)31-25(27)23(11-4)15-13-9-2/h19-23H,8-18H2,1-7H3. The van der Waals surface area contributed by atoms with E-state index >= 15 is 0 Å². The Kier molecular flexibility index (Phi) is 17.8. The van der Waals surface area contributed by atoms with Crippen LogP contribution in [0.4, 0.5) is 0 Å². The third-order valence-corrected chi connectivity index (χ3v) is 5.47. The van der Waals surface area contributed by atoms with E-state index < -0.39 is 0 Å². The zero-order valence-electron chi connectivity index (χ0n) is 21.1. The zero-order chi connectivity index (χ0) is 23.6. The fourth-order valence-corrected chi connectivity index (χ4v) is 3.22. The molecule has 0 aromatic rings. The highest BCUT2D eigenvalue weighted by Crippen LogP contribution is 2.16. The summed E-state index contributed by atoms with van der Waals surface area (Å²) in [7, 11) is 0. The van der Waals surface area contributed by atoms with E-state index in [0.29, 0.717) is 13.2 Å². The van der Waals surface area contributed by atoms with Gasteiger partial charge in [0.1, 0.15) is 12.7 Å². The highest BCUT2D eigenvalue weighted by Gasteiger charge is 2.21. The van der Waals surface area contributed by atoms with Crippen LogP contribution in [0.25, 0.3) is 0 Å². The Morgan fingerprint density at radius 2 is 1.10 bits per heavy atom. The van der Waals surface area contributed by atoms with Gasteiger partial charge in [-0.3, -0.25) is 9.59 Å². The fourth-order valence-electron chi connectivity index (χ4n) is 3.22. The van der Waals surface area contributed by atoms with Gasteiger partial charge in [-0.25, -0.2) is 0 Å². The van der Waals surface area contributed by atoms with Crippen LogP contribution in [0.15, 0.2) is 0 Å². The summed E-state index contributed by atoms with van der Waals surface area (Å²) in [6, 6.07) is 0. The van der Waals surface area contributed by atoms with Crippen LogP contribution < -0.4 is 0 Å². The molecule has 5 unspecified atom stereocenters. The van der Waals surface area contributed by atoms with Crippen LogP contribution in [0, 0.1) is 11.8 Å². The van der Waals surface area contributed by atoms with Gasteiger partial charge in [-0.15, -0.1) is 0 Å². The van der Waals surface area contributed by atoms with Crippen molar-refractivity contribution in [1.29, 1.82) is 0 Å². The predicted octanol–water partition coefficient (Wildman–Crippen LogP) is 5.70. The molecule has 0 aromatic carbocycles. The molecular weight excluding hydrogens is 396 g/mol. The quantitative estimate of drug-likeness (QED) is 0.238. The molecule has 0 aromatic heterocycles. The molecule has 6 nitrogen and oxygen atoms in total. The first-order chi connectivity index (χ1) is 14.8. The van der Waals surface area contributed by atoms with E-state index in [-0.39, 0.29) is 48.7 Å². The van der Waals surface area contributed by atoms with E-state index in [0.717, 1.165) is 51.4 Å². The highest BCUT2D eigenvalue weighted by atomic mass is 16.6. The molecule has 0 fully saturated rings. The summed E-state index contributed by atoms with van der Waals surface area (Å²) >= 11 is 0. The average Bonchev–Trinajstić information content (AvgIpc) is 2.75. The minimum atomic E-state index is -0.293. The largest absolute Gasteiger partial charge is 0.463 e. The smallest absolute Gasteiger partial charge is 0.309 e. The van der Waals surface area contributed by atoms with Crippen LogP contribution in [-0.2, 0) is 28.5 Å². The molecule has 0 spiro atoms. The van der Waals surface area contributed by atoms with Crippen molar-refractivity contribution >= 4 is 11.9 Å². The molecule has 0 rings (SSSR count). The summed E-state index contributed by atoms with van der Waals surface area (Å²) in [5, 5.41) is 0. The maximum absolute atomic E-state index is 12.3. The number of carbonyl (C=O) groups excluding carboxylic acids is 2. The molecule has 0 aliphatic heterocycles. The van der Waals surface area contributed by atoms with Crippen LogP contribution in [0.5, 0.6) is 0 Å². The normalized spacial score (nSPS) is 16.2. The van der Waals surface area contributed by atoms with Crippen molar-refractivity contribution in [3.05, 3.63) is 0 Å². The van der Waals surface area contributed by atoms with E-state index in [1.165, 1.54) is 0 Å². The highest BCUT2D eigenvalue weighted by molar-refractivity contribution is 5.72. The lowest BCUT2D eigenvalue weighted by molar-refractivity contribution is -0.159. The maximum atomic E-state index is 12.3. The van der Waals surface area contributed by atoms with Gasteiger partial charge in [-0.05, 0) is 46.5 Å². The Labute approximate surface area is 190 Å². The molecule has 6 heteroatoms. The first kappa shape index (κ1) is 29.9. The van der Waals surface area contributed by atoms with E-state index in [2.05, 4.69) is 13.8 Å². The molecule has 0 aliphatic rings. The molecular formula is C25H48O6. The monoisotopic (exact) mass is 444 g/mol. The van der Waals surface area contributed by atoms with E-state index in [1.807, 2.05) is 34.6 Å². The second-order valence-electron chi connectivity index (χ2n) is 8.66. The SMILES string of the molecule is CCCCC(CC)C(=O)OCC(C)OCC(C)OCC(C)OC(=O)C(CC)CCCC. The summed E-state index contributed by atoms with van der Waals surface area (Å²) in [5.74, 6) is -0.305. The van der Waals surface area contributed by atoms with Crippen LogP contribution in [0.2, 0.25) is 0 Å². The number of hydrogen-bond acceptors (Lipinski definition) is 6. The molecule has 0 aliphatic carbocycles. The first-order valence-electron chi connectivity index (χ1n) is 12.4. The lowest BCUT2D eigenvalue weighted by Gasteiger charge is -2.22. The summed E-state index contributed by atoms with van der Waals surface area (Å²) in [5.41, 5.74) is 0. The van der Waals surface area contributed by atoms with Crippen molar-refractivity contribution in [2.24, 2.45) is 11.8 Å². The van der Waals surface area contributed by atoms with Gasteiger partial charge in [-0.2, -0.15) is 0 Å². The van der Waals surface area contributed by atoms with Crippen LogP contribution in [-0.4, -0.2) is 50.1 Å². The number of esters is 2. The molecule has 0 radical (unpaired) electrons. The van der Waals surface area contributed by atoms with Gasteiger partial charge in [0.05, 0.1) is 37.3 Å². The van der Waals surface area contributed by atoms with Gasteiger partial charge in [0, 0.05) is 0 Å². The number of carbonyl (C=O) groups is 2. The zero-order valence-corrected chi connectivity index (χ0v) is 21.1. The molecule has 0 saturated carbocycles. The summed E-state index contributed by atoms with van der Waals surface area (Å²) in [6.07, 6.45) is 6.97. The van der Waals surface area contributed by atoms with Gasteiger partial charge in [0.25, 0.3) is 0 Å². The topological polar surface area (TPSA) is 71.1 Å². The molecule has 0 N–H and O–H groups in total. The van der Waals surface area contributed by atoms with Crippen molar-refractivity contribution in [1.82, 2.24) is 0 Å². The maximum Gasteiger partial charge on any atom is 0.309 e. The predicted molar refractivity (Wildman–Crippen MR) is 124 cm³/mol. The second-order valence-corrected chi connectivity index (χ2v) is 8.66. The van der Waals surface area contributed by atoms with Crippen molar-refractivity contribution in [2.45, 2.75) is 118 Å². The Morgan fingerprint density at radius 3 is 1.58 bits per heavy atom. The Bertz CT molecular complexity index is 467. The first-order valence-corrected chi connectivity index (χ1v) is 12.4. The lowest BCUT2D eigenvalue weighted by Crippen LogP contribution is -2.30. The Morgan fingerprint density at radius 1 is 0.645 bits per heavy atom. The van der Waals surface area contributed by atoms with Gasteiger partial charge in [-0.1, -0.05) is 53.4 Å². The van der Waals surface area contributed by atoms with E-state index in [4.69, 9.17) is 18.9 Å². The van der Waals surface area contributed by atoms with Crippen molar-refractivity contribution in [3.8, 4) is 0 Å². The van der Waals surface area contributed by atoms with Gasteiger partial charge >= 0.3 is 11.9 Å². The summed E-state index contributed by atoms with van der Waals surface area (Å²) in [4.78, 5) is 24.4. The number of ether oxygens (including phenoxy) is 4. The minimum Gasteiger partial charge on any atom is -0.463 e. The van der Waals surface area contributed by atoms with Crippen molar-refractivity contribution in [2.75, 3.05) is 19.8 Å². The lowest BCUT2D eigenvalue weighted by atomic mass is 10.00. The van der Waals surface area contributed by atoms with Gasteiger partial charge in [0.15, 0.2) is 0 Å². The molecule has 184 valence electrons. The number of rotatable bonds is 19. The molecule has 0 amide bonds. The third-order valence-electron chi connectivity index (χ3n) is 5.47. The fraction of sp³-hybridized carbons (Fsp3) is 0.920. The number of hydrogen-bond donors (Lipinski definition) is 0. The van der Waals surface area contributed by atoms with Crippen LogP contribution in [0.1, 0.15) is 99.8 Å². The molecule has 0 heterocycles. The second kappa shape index (κ2) is 18.4. The van der Waals surface area contributed by atoms with Crippen molar-refractivity contribution < 1.29 is 28.5 Å². The Hall–Kier alpha value is -1.14. The average molecular weight is 445 g/mol. The molecule has 0 saturated heterocycles. The molecule has 0 bridgehead atoms. The molecule has 5 atom stereocenters. The van der Waals surface area contributed by atoms with Gasteiger partial charge < -0.3 is 18.9 Å². The summed E-state index contributed by atoms with van der Waals surface area (Å²) < 4.78 is 22.5. The Balaban J connectivity index is 4.09. The van der Waals surface area contributed by atoms with E-state index in [9.17, 15) is 9.59 Å². The van der Waals surface area contributed by atoms with Crippen LogP contribution in [0.3, 0.4) is 0 Å². The van der Waals surface area contributed by atoms with Gasteiger partial charge in [0.2, 0.25) is 0 Å². The minimum absolute atomic E-state index is 0.0205.